The zero-order valence-corrected chi connectivity index (χ0v) is 11.0. The summed E-state index contributed by atoms with van der Waals surface area (Å²) in [4.78, 5) is 0. The van der Waals surface area contributed by atoms with Gasteiger partial charge in [-0.05, 0) is 25.0 Å². The number of halogens is 2. The maximum absolute atomic E-state index is 13.8. The van der Waals surface area contributed by atoms with E-state index >= 15 is 0 Å². The molecule has 0 radical (unpaired) electrons. The molecule has 1 N–H and O–H groups in total. The van der Waals surface area contributed by atoms with Crippen LogP contribution in [0.4, 0.5) is 8.78 Å². The van der Waals surface area contributed by atoms with Crippen LogP contribution in [0.5, 0.6) is 0 Å². The van der Waals surface area contributed by atoms with Crippen molar-refractivity contribution in [3.05, 3.63) is 70.3 Å². The average Bonchev–Trinajstić information content (AvgIpc) is 2.36. The fraction of sp³-hybridized carbons (Fsp3) is 0.250. The first kappa shape index (κ1) is 13.7. The van der Waals surface area contributed by atoms with Crippen molar-refractivity contribution < 1.29 is 13.9 Å². The molecule has 2 aromatic rings. The van der Waals surface area contributed by atoms with Crippen LogP contribution in [0.1, 0.15) is 28.4 Å². The molecule has 0 amide bonds. The van der Waals surface area contributed by atoms with Crippen LogP contribution in [0.15, 0.2) is 36.4 Å². The molecule has 0 aliphatic carbocycles. The van der Waals surface area contributed by atoms with Crippen LogP contribution in [0.3, 0.4) is 0 Å². The quantitative estimate of drug-likeness (QED) is 0.890. The van der Waals surface area contributed by atoms with Gasteiger partial charge in [0.1, 0.15) is 0 Å². The highest BCUT2D eigenvalue weighted by atomic mass is 19.2. The van der Waals surface area contributed by atoms with Crippen LogP contribution in [0.2, 0.25) is 0 Å². The smallest absolute Gasteiger partial charge is 0.164 e. The van der Waals surface area contributed by atoms with E-state index in [9.17, 15) is 13.9 Å². The Morgan fingerprint density at radius 2 is 1.79 bits per heavy atom. The summed E-state index contributed by atoms with van der Waals surface area (Å²) in [6.07, 6.45) is -0.780. The number of aliphatic hydroxyl groups excluding tert-OH is 1. The first-order valence-electron chi connectivity index (χ1n) is 6.17. The molecule has 0 aliphatic rings. The third kappa shape index (κ3) is 2.99. The Kier molecular flexibility index (Phi) is 3.96. The van der Waals surface area contributed by atoms with Crippen LogP contribution in [-0.2, 0) is 6.42 Å². The molecule has 2 aromatic carbocycles. The largest absolute Gasteiger partial charge is 0.388 e. The van der Waals surface area contributed by atoms with Gasteiger partial charge >= 0.3 is 0 Å². The van der Waals surface area contributed by atoms with Crippen LogP contribution in [0, 0.1) is 25.5 Å². The Morgan fingerprint density at radius 1 is 1.05 bits per heavy atom. The van der Waals surface area contributed by atoms with Crippen molar-refractivity contribution in [1.29, 1.82) is 0 Å². The summed E-state index contributed by atoms with van der Waals surface area (Å²) in [7, 11) is 0. The summed E-state index contributed by atoms with van der Waals surface area (Å²) in [5, 5.41) is 10.1. The zero-order chi connectivity index (χ0) is 14.0. The molecule has 2 rings (SSSR count). The van der Waals surface area contributed by atoms with Gasteiger partial charge in [0.2, 0.25) is 0 Å². The Labute approximate surface area is 111 Å². The molecule has 0 aromatic heterocycles. The van der Waals surface area contributed by atoms with Gasteiger partial charge in [-0.2, -0.15) is 0 Å². The van der Waals surface area contributed by atoms with E-state index in [1.54, 1.807) is 0 Å². The highest BCUT2D eigenvalue weighted by Crippen LogP contribution is 2.24. The Bertz CT molecular complexity index is 593. The van der Waals surface area contributed by atoms with E-state index in [0.717, 1.165) is 11.1 Å². The van der Waals surface area contributed by atoms with Crippen molar-refractivity contribution >= 4 is 0 Å². The molecule has 19 heavy (non-hydrogen) atoms. The second kappa shape index (κ2) is 5.49. The summed E-state index contributed by atoms with van der Waals surface area (Å²) < 4.78 is 27.2. The van der Waals surface area contributed by atoms with Gasteiger partial charge in [0, 0.05) is 12.0 Å². The van der Waals surface area contributed by atoms with Crippen molar-refractivity contribution in [3.63, 3.8) is 0 Å². The topological polar surface area (TPSA) is 20.2 Å². The summed E-state index contributed by atoms with van der Waals surface area (Å²) in [6, 6.07) is 10.5. The van der Waals surface area contributed by atoms with Crippen molar-refractivity contribution in [3.8, 4) is 0 Å². The van der Waals surface area contributed by atoms with E-state index in [0.29, 0.717) is 0 Å². The molecule has 0 fully saturated rings. The van der Waals surface area contributed by atoms with Gasteiger partial charge in [-0.25, -0.2) is 8.78 Å². The van der Waals surface area contributed by atoms with Crippen molar-refractivity contribution in [1.82, 2.24) is 0 Å². The summed E-state index contributed by atoms with van der Waals surface area (Å²) in [5.41, 5.74) is 2.21. The summed E-state index contributed by atoms with van der Waals surface area (Å²) in [5.74, 6) is -1.85. The van der Waals surface area contributed by atoms with Crippen molar-refractivity contribution in [2.24, 2.45) is 0 Å². The molecular weight excluding hydrogens is 246 g/mol. The van der Waals surface area contributed by atoms with Gasteiger partial charge < -0.3 is 5.11 Å². The van der Waals surface area contributed by atoms with Gasteiger partial charge in [-0.1, -0.05) is 42.0 Å². The number of aryl methyl sites for hydroxylation is 2. The zero-order valence-electron chi connectivity index (χ0n) is 11.0. The summed E-state index contributed by atoms with van der Waals surface area (Å²) in [6.45, 7) is 3.44. The normalized spacial score (nSPS) is 12.5. The molecule has 0 saturated heterocycles. The number of rotatable bonds is 3. The second-order valence-corrected chi connectivity index (χ2v) is 4.81. The minimum Gasteiger partial charge on any atom is -0.388 e. The van der Waals surface area contributed by atoms with E-state index in [-0.39, 0.29) is 17.5 Å². The molecule has 1 atom stereocenters. The average molecular weight is 262 g/mol. The molecule has 0 heterocycles. The molecule has 100 valence electrons. The summed E-state index contributed by atoms with van der Waals surface area (Å²) >= 11 is 0. The molecule has 0 saturated carbocycles. The van der Waals surface area contributed by atoms with Gasteiger partial charge in [-0.15, -0.1) is 0 Å². The lowest BCUT2D eigenvalue weighted by molar-refractivity contribution is 0.172. The number of benzene rings is 2. The molecule has 0 aliphatic heterocycles. The third-order valence-corrected chi connectivity index (χ3v) is 3.18. The minimum absolute atomic E-state index is 0.00426. The SMILES string of the molecule is Cc1cccc(CC(O)c2ccc(C)c(F)c2F)c1. The predicted molar refractivity (Wildman–Crippen MR) is 70.9 cm³/mol. The molecule has 1 unspecified atom stereocenters. The monoisotopic (exact) mass is 262 g/mol. The van der Waals surface area contributed by atoms with Crippen LogP contribution >= 0.6 is 0 Å². The second-order valence-electron chi connectivity index (χ2n) is 4.81. The number of hydrogen-bond donors (Lipinski definition) is 1. The maximum atomic E-state index is 13.8. The highest BCUT2D eigenvalue weighted by molar-refractivity contribution is 5.29. The van der Waals surface area contributed by atoms with Crippen molar-refractivity contribution in [2.45, 2.75) is 26.4 Å². The number of aliphatic hydroxyl groups is 1. The van der Waals surface area contributed by atoms with Gasteiger partial charge in [0.05, 0.1) is 6.10 Å². The number of hydrogen-bond acceptors (Lipinski definition) is 1. The van der Waals surface area contributed by atoms with Crippen LogP contribution in [0.25, 0.3) is 0 Å². The van der Waals surface area contributed by atoms with Gasteiger partial charge in [-0.3, -0.25) is 0 Å². The highest BCUT2D eigenvalue weighted by Gasteiger charge is 2.17. The Balaban J connectivity index is 2.25. The fourth-order valence-corrected chi connectivity index (χ4v) is 2.09. The van der Waals surface area contributed by atoms with Gasteiger partial charge in [0.15, 0.2) is 11.6 Å². The van der Waals surface area contributed by atoms with Crippen LogP contribution in [-0.4, -0.2) is 5.11 Å². The first-order valence-corrected chi connectivity index (χ1v) is 6.17. The predicted octanol–water partition coefficient (Wildman–Crippen LogP) is 3.86. The van der Waals surface area contributed by atoms with E-state index in [4.69, 9.17) is 0 Å². The van der Waals surface area contributed by atoms with Crippen molar-refractivity contribution in [2.75, 3.05) is 0 Å². The lowest BCUT2D eigenvalue weighted by atomic mass is 9.99. The van der Waals surface area contributed by atoms with E-state index in [1.807, 2.05) is 31.2 Å². The van der Waals surface area contributed by atoms with E-state index in [2.05, 4.69) is 0 Å². The van der Waals surface area contributed by atoms with E-state index in [1.165, 1.54) is 19.1 Å². The lowest BCUT2D eigenvalue weighted by Crippen LogP contribution is -2.07. The molecule has 1 nitrogen and oxygen atoms in total. The minimum atomic E-state index is -1.04. The third-order valence-electron chi connectivity index (χ3n) is 3.18. The molecule has 0 spiro atoms. The molecule has 0 bridgehead atoms. The van der Waals surface area contributed by atoms with Gasteiger partial charge in [0.25, 0.3) is 0 Å². The molecular formula is C16H16F2O. The standard InChI is InChI=1S/C16H16F2O/c1-10-4-3-5-12(8-10)9-14(19)13-7-6-11(2)15(17)16(13)18/h3-8,14,19H,9H2,1-2H3. The molecule has 3 heteroatoms. The first-order chi connectivity index (χ1) is 8.99. The maximum Gasteiger partial charge on any atom is 0.164 e. The van der Waals surface area contributed by atoms with E-state index < -0.39 is 17.7 Å². The fourth-order valence-electron chi connectivity index (χ4n) is 2.09. The Morgan fingerprint density at radius 3 is 2.47 bits per heavy atom. The lowest BCUT2D eigenvalue weighted by Gasteiger charge is -2.13. The van der Waals surface area contributed by atoms with Crippen LogP contribution < -0.4 is 0 Å². The Hall–Kier alpha value is -1.74.